The number of carbonyl (C=O) groups excluding carboxylic acids is 1. The number of aromatic nitrogens is 2. The lowest BCUT2D eigenvalue weighted by Crippen LogP contribution is -2.38. The van der Waals surface area contributed by atoms with Gasteiger partial charge < -0.3 is 10.4 Å². The lowest BCUT2D eigenvalue weighted by molar-refractivity contribution is -0.122. The molecule has 0 aromatic carbocycles. The van der Waals surface area contributed by atoms with Gasteiger partial charge in [0.1, 0.15) is 5.60 Å². The molecule has 5 heteroatoms. The van der Waals surface area contributed by atoms with Gasteiger partial charge in [0.15, 0.2) is 0 Å². The molecular formula is C14H21N3O2. The maximum Gasteiger partial charge on any atom is 0.220 e. The van der Waals surface area contributed by atoms with Gasteiger partial charge in [-0.1, -0.05) is 12.2 Å². The third kappa shape index (κ3) is 3.67. The van der Waals surface area contributed by atoms with Crippen LogP contribution in [0.5, 0.6) is 0 Å². The molecule has 1 aromatic heterocycles. The van der Waals surface area contributed by atoms with Gasteiger partial charge in [-0.15, -0.1) is 0 Å². The van der Waals surface area contributed by atoms with Gasteiger partial charge in [0.05, 0.1) is 12.7 Å². The van der Waals surface area contributed by atoms with E-state index in [9.17, 15) is 9.90 Å². The van der Waals surface area contributed by atoms with Crippen LogP contribution in [0.1, 0.15) is 31.7 Å². The first-order valence-corrected chi connectivity index (χ1v) is 6.62. The third-order valence-corrected chi connectivity index (χ3v) is 3.52. The van der Waals surface area contributed by atoms with Gasteiger partial charge >= 0.3 is 0 Å². The Labute approximate surface area is 113 Å². The number of amides is 1. The Kier molecular flexibility index (Phi) is 4.04. The van der Waals surface area contributed by atoms with E-state index in [0.717, 1.165) is 12.8 Å². The standard InChI is InChI=1S/C14H21N3O2/c1-14(19,12-8-16-17(2)9-12)10-15-13(18)7-11-5-3-4-6-11/h3,5,8-9,11,19H,4,6-7,10H2,1-2H3,(H,15,18). The zero-order chi connectivity index (χ0) is 13.9. The fraction of sp³-hybridized carbons (Fsp3) is 0.571. The van der Waals surface area contributed by atoms with Crippen LogP contribution in [0.25, 0.3) is 0 Å². The predicted octanol–water partition coefficient (Wildman–Crippen LogP) is 1.10. The smallest absolute Gasteiger partial charge is 0.220 e. The normalized spacial score (nSPS) is 21.3. The molecule has 2 atom stereocenters. The second kappa shape index (κ2) is 5.57. The van der Waals surface area contributed by atoms with E-state index in [4.69, 9.17) is 0 Å². The highest BCUT2D eigenvalue weighted by Gasteiger charge is 2.25. The van der Waals surface area contributed by atoms with Crippen LogP contribution in [0.2, 0.25) is 0 Å². The van der Waals surface area contributed by atoms with E-state index < -0.39 is 5.60 Å². The second-order valence-electron chi connectivity index (χ2n) is 5.42. The molecule has 2 N–H and O–H groups in total. The first kappa shape index (κ1) is 13.8. The van der Waals surface area contributed by atoms with Gasteiger partial charge in [-0.25, -0.2) is 0 Å². The number of carbonyl (C=O) groups is 1. The van der Waals surface area contributed by atoms with E-state index in [2.05, 4.69) is 22.6 Å². The first-order valence-electron chi connectivity index (χ1n) is 6.62. The number of hydrogen-bond donors (Lipinski definition) is 2. The number of hydrogen-bond acceptors (Lipinski definition) is 3. The van der Waals surface area contributed by atoms with Crippen molar-refractivity contribution in [3.05, 3.63) is 30.1 Å². The van der Waals surface area contributed by atoms with Crippen LogP contribution in [0.4, 0.5) is 0 Å². The Morgan fingerprint density at radius 2 is 2.47 bits per heavy atom. The van der Waals surface area contributed by atoms with E-state index in [-0.39, 0.29) is 12.5 Å². The lowest BCUT2D eigenvalue weighted by Gasteiger charge is -2.22. The van der Waals surface area contributed by atoms with E-state index in [1.807, 2.05) is 0 Å². The average Bonchev–Trinajstić information content (AvgIpc) is 2.98. The summed E-state index contributed by atoms with van der Waals surface area (Å²) in [5, 5.41) is 17.2. The molecule has 5 nitrogen and oxygen atoms in total. The molecule has 0 spiro atoms. The number of allylic oxidation sites excluding steroid dienone is 2. The van der Waals surface area contributed by atoms with Crippen LogP contribution < -0.4 is 5.32 Å². The number of nitrogens with zero attached hydrogens (tertiary/aromatic N) is 2. The maximum absolute atomic E-state index is 11.8. The minimum Gasteiger partial charge on any atom is -0.383 e. The summed E-state index contributed by atoms with van der Waals surface area (Å²) < 4.78 is 1.63. The molecule has 0 radical (unpaired) electrons. The van der Waals surface area contributed by atoms with Crippen LogP contribution in [0.3, 0.4) is 0 Å². The SMILES string of the molecule is Cn1cc(C(C)(O)CNC(=O)CC2C=CCC2)cn1. The van der Waals surface area contributed by atoms with Crippen molar-refractivity contribution in [2.75, 3.05) is 6.54 Å². The van der Waals surface area contributed by atoms with E-state index in [0.29, 0.717) is 17.9 Å². The van der Waals surface area contributed by atoms with Crippen molar-refractivity contribution in [2.24, 2.45) is 13.0 Å². The van der Waals surface area contributed by atoms with E-state index in [1.165, 1.54) is 0 Å². The summed E-state index contributed by atoms with van der Waals surface area (Å²) in [6.07, 6.45) is 10.2. The van der Waals surface area contributed by atoms with Gasteiger partial charge in [0.2, 0.25) is 5.91 Å². The maximum atomic E-state index is 11.8. The topological polar surface area (TPSA) is 67.2 Å². The van der Waals surface area contributed by atoms with Crippen LogP contribution in [0, 0.1) is 5.92 Å². The molecule has 2 unspecified atom stereocenters. The Morgan fingerprint density at radius 3 is 3.05 bits per heavy atom. The van der Waals surface area contributed by atoms with Crippen molar-refractivity contribution < 1.29 is 9.90 Å². The van der Waals surface area contributed by atoms with Gasteiger partial charge in [-0.3, -0.25) is 9.48 Å². The van der Waals surface area contributed by atoms with Crippen molar-refractivity contribution in [3.63, 3.8) is 0 Å². The highest BCUT2D eigenvalue weighted by molar-refractivity contribution is 5.76. The Bertz CT molecular complexity index is 477. The third-order valence-electron chi connectivity index (χ3n) is 3.52. The van der Waals surface area contributed by atoms with Gasteiger partial charge in [-0.05, 0) is 25.7 Å². The van der Waals surface area contributed by atoms with Crippen molar-refractivity contribution in [3.8, 4) is 0 Å². The fourth-order valence-corrected chi connectivity index (χ4v) is 2.25. The van der Waals surface area contributed by atoms with Gasteiger partial charge in [-0.2, -0.15) is 5.10 Å². The number of aliphatic hydroxyl groups is 1. The molecule has 0 bridgehead atoms. The fourth-order valence-electron chi connectivity index (χ4n) is 2.25. The van der Waals surface area contributed by atoms with Crippen LogP contribution in [-0.4, -0.2) is 27.3 Å². The minimum absolute atomic E-state index is 0.0132. The van der Waals surface area contributed by atoms with E-state index >= 15 is 0 Å². The number of rotatable bonds is 5. The lowest BCUT2D eigenvalue weighted by atomic mass is 9.99. The summed E-state index contributed by atoms with van der Waals surface area (Å²) in [4.78, 5) is 11.8. The first-order chi connectivity index (χ1) is 8.97. The molecule has 1 aliphatic carbocycles. The van der Waals surface area contributed by atoms with Crippen molar-refractivity contribution in [2.45, 2.75) is 31.8 Å². The monoisotopic (exact) mass is 263 g/mol. The van der Waals surface area contributed by atoms with Crippen molar-refractivity contribution in [1.82, 2.24) is 15.1 Å². The Morgan fingerprint density at radius 1 is 1.68 bits per heavy atom. The summed E-state index contributed by atoms with van der Waals surface area (Å²) in [6.45, 7) is 1.88. The molecule has 104 valence electrons. The summed E-state index contributed by atoms with van der Waals surface area (Å²) in [5.74, 6) is 0.337. The van der Waals surface area contributed by atoms with E-state index in [1.54, 1.807) is 31.0 Å². The zero-order valence-electron chi connectivity index (χ0n) is 11.5. The average molecular weight is 263 g/mol. The molecule has 1 aromatic rings. The Balaban J connectivity index is 1.83. The molecule has 1 aliphatic rings. The largest absolute Gasteiger partial charge is 0.383 e. The van der Waals surface area contributed by atoms with Crippen LogP contribution in [0.15, 0.2) is 24.5 Å². The molecule has 2 rings (SSSR count). The molecule has 19 heavy (non-hydrogen) atoms. The van der Waals surface area contributed by atoms with Crippen LogP contribution >= 0.6 is 0 Å². The zero-order valence-corrected chi connectivity index (χ0v) is 11.5. The van der Waals surface area contributed by atoms with Gasteiger partial charge in [0, 0.05) is 25.2 Å². The molecular weight excluding hydrogens is 242 g/mol. The van der Waals surface area contributed by atoms with Crippen molar-refractivity contribution >= 4 is 5.91 Å². The predicted molar refractivity (Wildman–Crippen MR) is 72.3 cm³/mol. The van der Waals surface area contributed by atoms with Crippen molar-refractivity contribution in [1.29, 1.82) is 0 Å². The Hall–Kier alpha value is -1.62. The number of aryl methyl sites for hydroxylation is 1. The molecule has 0 fully saturated rings. The molecule has 0 saturated carbocycles. The summed E-state index contributed by atoms with van der Waals surface area (Å²) in [6, 6.07) is 0. The van der Waals surface area contributed by atoms with Gasteiger partial charge in [0.25, 0.3) is 0 Å². The molecule has 0 aliphatic heterocycles. The summed E-state index contributed by atoms with van der Waals surface area (Å²) >= 11 is 0. The highest BCUT2D eigenvalue weighted by Crippen LogP contribution is 2.21. The minimum atomic E-state index is -1.09. The molecule has 1 amide bonds. The number of nitrogens with one attached hydrogen (secondary N) is 1. The summed E-state index contributed by atoms with van der Waals surface area (Å²) in [5.41, 5.74) is -0.383. The molecule has 1 heterocycles. The highest BCUT2D eigenvalue weighted by atomic mass is 16.3. The summed E-state index contributed by atoms with van der Waals surface area (Å²) in [7, 11) is 1.80. The quantitative estimate of drug-likeness (QED) is 0.782. The molecule has 0 saturated heterocycles. The second-order valence-corrected chi connectivity index (χ2v) is 5.42. The van der Waals surface area contributed by atoms with Crippen LogP contribution in [-0.2, 0) is 17.4 Å².